The standard InChI is InChI=1S/C23H26BF3O2/c1-22-10-9-17-16-8-6-15(28)11-13(16)5-7-18(17)21(22)14(3-2-4-20(24)29)12-19(22)23(25,26)27/h6,8,11-12,14,17-18,21,28H,2-5,7,9-10H2,1H3/t14-,17-,18-,21+,22-/m1/s1. The number of alkyl halides is 3. The first kappa shape index (κ1) is 20.6. The molecule has 2 radical (unpaired) electrons. The van der Waals surface area contributed by atoms with E-state index in [-0.39, 0.29) is 41.4 Å². The molecule has 0 amide bonds. The van der Waals surface area contributed by atoms with Crippen LogP contribution in [0, 0.1) is 23.2 Å². The van der Waals surface area contributed by atoms with Crippen molar-refractivity contribution in [2.24, 2.45) is 23.2 Å². The highest BCUT2D eigenvalue weighted by Gasteiger charge is 2.60. The molecule has 154 valence electrons. The largest absolute Gasteiger partial charge is 0.508 e. The summed E-state index contributed by atoms with van der Waals surface area (Å²) in [4.78, 5) is 11.1. The molecule has 0 saturated heterocycles. The van der Waals surface area contributed by atoms with Crippen LogP contribution in [-0.4, -0.2) is 24.8 Å². The smallest absolute Gasteiger partial charge is 0.412 e. The van der Waals surface area contributed by atoms with Gasteiger partial charge >= 0.3 is 6.18 Å². The molecule has 0 aliphatic heterocycles. The summed E-state index contributed by atoms with van der Waals surface area (Å²) in [5.41, 5.74) is 0.679. The number of benzene rings is 1. The first-order chi connectivity index (χ1) is 13.6. The molecule has 4 rings (SSSR count). The highest BCUT2D eigenvalue weighted by molar-refractivity contribution is 6.57. The van der Waals surface area contributed by atoms with Crippen molar-refractivity contribution in [2.75, 3.05) is 0 Å². The Morgan fingerprint density at radius 3 is 2.76 bits per heavy atom. The van der Waals surface area contributed by atoms with Crippen molar-refractivity contribution in [3.05, 3.63) is 41.0 Å². The number of aromatic hydroxyl groups is 1. The normalized spacial score (nSPS) is 33.4. The lowest BCUT2D eigenvalue weighted by molar-refractivity contribution is -0.115. The number of phenolic OH excluding ortho intramolecular Hbond substituents is 1. The van der Waals surface area contributed by atoms with Crippen molar-refractivity contribution in [3.8, 4) is 5.75 Å². The Bertz CT molecular complexity index is 847. The lowest BCUT2D eigenvalue weighted by atomic mass is 9.52. The van der Waals surface area contributed by atoms with Gasteiger partial charge in [0.2, 0.25) is 0 Å². The average molecular weight is 402 g/mol. The lowest BCUT2D eigenvalue weighted by Gasteiger charge is -2.52. The maximum absolute atomic E-state index is 13.9. The van der Waals surface area contributed by atoms with Crippen LogP contribution in [-0.2, 0) is 11.2 Å². The molecule has 5 atom stereocenters. The number of rotatable bonds is 4. The summed E-state index contributed by atoms with van der Waals surface area (Å²) >= 11 is 0. The van der Waals surface area contributed by atoms with Gasteiger partial charge in [-0.2, -0.15) is 13.2 Å². The van der Waals surface area contributed by atoms with Crippen LogP contribution in [0.2, 0.25) is 0 Å². The van der Waals surface area contributed by atoms with Gasteiger partial charge in [0.15, 0.2) is 7.85 Å². The summed E-state index contributed by atoms with van der Waals surface area (Å²) in [5, 5.41) is 9.81. The Morgan fingerprint density at radius 1 is 1.31 bits per heavy atom. The van der Waals surface area contributed by atoms with Gasteiger partial charge in [0.25, 0.3) is 0 Å². The molecule has 3 aliphatic carbocycles. The SMILES string of the molecule is [B]C(=O)CCC[C@@H]1C=C(C(F)(F)F)[C@@]2(C)CC[C@@H]3c4ccc(O)cc4CC[C@H]3[C@H]12. The summed E-state index contributed by atoms with van der Waals surface area (Å²) in [5.74, 6) is 0.404. The third kappa shape index (κ3) is 3.53. The zero-order valence-electron chi connectivity index (χ0n) is 16.6. The fraction of sp³-hybridized carbons (Fsp3) is 0.609. The van der Waals surface area contributed by atoms with E-state index in [0.29, 0.717) is 19.3 Å². The molecule has 29 heavy (non-hydrogen) atoms. The van der Waals surface area contributed by atoms with Crippen LogP contribution in [0.1, 0.15) is 62.5 Å². The van der Waals surface area contributed by atoms with E-state index in [9.17, 15) is 23.1 Å². The number of carbonyl (C=O) groups is 1. The van der Waals surface area contributed by atoms with Crippen LogP contribution in [0.5, 0.6) is 5.75 Å². The number of hydrogen-bond acceptors (Lipinski definition) is 2. The highest BCUT2D eigenvalue weighted by atomic mass is 19.4. The number of allylic oxidation sites excluding steroid dienone is 2. The number of fused-ring (bicyclic) bond motifs is 5. The molecule has 1 aromatic carbocycles. The molecule has 1 N–H and O–H groups in total. The Hall–Kier alpha value is -1.72. The summed E-state index contributed by atoms with van der Waals surface area (Å²) in [6, 6.07) is 5.45. The van der Waals surface area contributed by atoms with Crippen LogP contribution >= 0.6 is 0 Å². The molecule has 3 aliphatic rings. The first-order valence-electron chi connectivity index (χ1n) is 10.5. The molecule has 0 heterocycles. The number of aryl methyl sites for hydroxylation is 1. The fourth-order valence-corrected chi connectivity index (χ4v) is 6.62. The van der Waals surface area contributed by atoms with Gasteiger partial charge in [-0.15, -0.1) is 0 Å². The van der Waals surface area contributed by atoms with E-state index in [0.717, 1.165) is 24.8 Å². The molecule has 1 fully saturated rings. The van der Waals surface area contributed by atoms with Crippen molar-refractivity contribution in [1.29, 1.82) is 0 Å². The molecule has 1 saturated carbocycles. The first-order valence-corrected chi connectivity index (χ1v) is 10.5. The van der Waals surface area contributed by atoms with Gasteiger partial charge in [0, 0.05) is 11.0 Å². The van der Waals surface area contributed by atoms with Crippen molar-refractivity contribution >= 4 is 13.5 Å². The summed E-state index contributed by atoms with van der Waals surface area (Å²) in [6.07, 6.45) is 1.32. The van der Waals surface area contributed by atoms with E-state index in [1.807, 2.05) is 6.07 Å². The highest BCUT2D eigenvalue weighted by Crippen LogP contribution is 2.65. The van der Waals surface area contributed by atoms with Gasteiger partial charge in [0.1, 0.15) is 5.75 Å². The van der Waals surface area contributed by atoms with E-state index < -0.39 is 17.3 Å². The summed E-state index contributed by atoms with van der Waals surface area (Å²) < 4.78 is 41.8. The van der Waals surface area contributed by atoms with Crippen molar-refractivity contribution in [3.63, 3.8) is 0 Å². The number of phenols is 1. The number of halogens is 3. The predicted molar refractivity (Wildman–Crippen MR) is 106 cm³/mol. The maximum atomic E-state index is 13.9. The molecular formula is C23H26BF3O2. The minimum Gasteiger partial charge on any atom is -0.508 e. The van der Waals surface area contributed by atoms with Gasteiger partial charge in [-0.1, -0.05) is 19.1 Å². The van der Waals surface area contributed by atoms with Gasteiger partial charge in [-0.05, 0) is 91.9 Å². The minimum atomic E-state index is -4.32. The third-order valence-electron chi connectivity index (χ3n) is 7.68. The van der Waals surface area contributed by atoms with Gasteiger partial charge < -0.3 is 9.90 Å². The summed E-state index contributed by atoms with van der Waals surface area (Å²) in [6.45, 7) is 1.80. The Kier molecular flexibility index (Phi) is 5.11. The molecule has 2 nitrogen and oxygen atoms in total. The van der Waals surface area contributed by atoms with E-state index in [2.05, 4.69) is 0 Å². The minimum absolute atomic E-state index is 0.0762. The summed E-state index contributed by atoms with van der Waals surface area (Å²) in [7, 11) is 5.25. The van der Waals surface area contributed by atoms with Crippen LogP contribution in [0.15, 0.2) is 29.8 Å². The molecule has 1 aromatic rings. The van der Waals surface area contributed by atoms with Crippen molar-refractivity contribution < 1.29 is 23.1 Å². The van der Waals surface area contributed by atoms with E-state index >= 15 is 0 Å². The zero-order chi connectivity index (χ0) is 21.0. The van der Waals surface area contributed by atoms with Crippen LogP contribution in [0.25, 0.3) is 0 Å². The topological polar surface area (TPSA) is 37.3 Å². The monoisotopic (exact) mass is 402 g/mol. The average Bonchev–Trinajstić information content (AvgIpc) is 2.94. The number of carbonyl (C=O) groups excluding carboxylic acids is 1. The van der Waals surface area contributed by atoms with E-state index in [1.54, 1.807) is 19.1 Å². The molecule has 0 unspecified atom stereocenters. The zero-order valence-corrected chi connectivity index (χ0v) is 16.6. The Morgan fingerprint density at radius 2 is 2.07 bits per heavy atom. The molecule has 0 bridgehead atoms. The third-order valence-corrected chi connectivity index (χ3v) is 7.68. The second-order valence-corrected chi connectivity index (χ2v) is 9.27. The van der Waals surface area contributed by atoms with E-state index in [1.165, 1.54) is 11.6 Å². The molecular weight excluding hydrogens is 376 g/mol. The Balaban J connectivity index is 1.68. The van der Waals surface area contributed by atoms with Gasteiger partial charge in [0.05, 0.1) is 5.68 Å². The Labute approximate surface area is 171 Å². The fourth-order valence-electron chi connectivity index (χ4n) is 6.62. The molecule has 6 heteroatoms. The second kappa shape index (κ2) is 7.21. The lowest BCUT2D eigenvalue weighted by Crippen LogP contribution is -2.45. The van der Waals surface area contributed by atoms with Crippen molar-refractivity contribution in [1.82, 2.24) is 0 Å². The number of hydrogen-bond donors (Lipinski definition) is 1. The predicted octanol–water partition coefficient (Wildman–Crippen LogP) is 5.44. The van der Waals surface area contributed by atoms with Gasteiger partial charge in [-0.25, -0.2) is 0 Å². The maximum Gasteiger partial charge on any atom is 0.412 e. The molecule has 0 aromatic heterocycles. The second-order valence-electron chi connectivity index (χ2n) is 9.27. The van der Waals surface area contributed by atoms with Gasteiger partial charge in [-0.3, -0.25) is 0 Å². The van der Waals surface area contributed by atoms with Crippen LogP contribution in [0.3, 0.4) is 0 Å². The van der Waals surface area contributed by atoms with E-state index in [4.69, 9.17) is 7.85 Å². The van der Waals surface area contributed by atoms with Crippen LogP contribution in [0.4, 0.5) is 13.2 Å². The van der Waals surface area contributed by atoms with Crippen LogP contribution < -0.4 is 0 Å². The molecule has 0 spiro atoms. The van der Waals surface area contributed by atoms with Crippen molar-refractivity contribution in [2.45, 2.75) is 64.0 Å². The quantitative estimate of drug-likeness (QED) is 0.538.